The molecule has 0 aliphatic heterocycles. The van der Waals surface area contributed by atoms with Crippen LogP contribution in [0, 0.1) is 0 Å². The lowest BCUT2D eigenvalue weighted by atomic mass is 10.3. The van der Waals surface area contributed by atoms with Crippen molar-refractivity contribution < 1.29 is 27.9 Å². The minimum Gasteiger partial charge on any atom is -0.467 e. The molecule has 7 nitrogen and oxygen atoms in total. The average Bonchev–Trinajstić information content (AvgIpc) is 2.21. The molecule has 0 fully saturated rings. The summed E-state index contributed by atoms with van der Waals surface area (Å²) >= 11 is 0. The average molecular weight is 253 g/mol. The number of amides is 1. The fourth-order valence-electron chi connectivity index (χ4n) is 0.866. The van der Waals surface area contributed by atoms with Crippen molar-refractivity contribution in [3.05, 3.63) is 0 Å². The van der Waals surface area contributed by atoms with E-state index in [9.17, 15) is 18.0 Å². The number of aliphatic hydroxyl groups excluding tert-OH is 1. The van der Waals surface area contributed by atoms with E-state index in [1.54, 1.807) is 0 Å². The second-order valence-electron chi connectivity index (χ2n) is 3.21. The van der Waals surface area contributed by atoms with E-state index in [1.165, 1.54) is 0 Å². The third kappa shape index (κ3) is 6.36. The minimum atomic E-state index is -3.23. The van der Waals surface area contributed by atoms with Crippen molar-refractivity contribution in [2.75, 3.05) is 25.7 Å². The van der Waals surface area contributed by atoms with Crippen LogP contribution in [0.3, 0.4) is 0 Å². The van der Waals surface area contributed by atoms with Crippen molar-refractivity contribution in [2.45, 2.75) is 12.5 Å². The molecule has 8 heteroatoms. The Morgan fingerprint density at radius 3 is 2.38 bits per heavy atom. The first-order valence-corrected chi connectivity index (χ1v) is 6.52. The van der Waals surface area contributed by atoms with Gasteiger partial charge in [0.15, 0.2) is 6.04 Å². The number of rotatable bonds is 6. The zero-order valence-electron chi connectivity index (χ0n) is 9.10. The molecular weight excluding hydrogens is 238 g/mol. The highest BCUT2D eigenvalue weighted by Gasteiger charge is 2.20. The van der Waals surface area contributed by atoms with Crippen molar-refractivity contribution in [3.63, 3.8) is 0 Å². The number of ether oxygens (including phenoxy) is 1. The van der Waals surface area contributed by atoms with Gasteiger partial charge in [0.1, 0.15) is 9.84 Å². The molecule has 94 valence electrons. The molecule has 0 aromatic carbocycles. The van der Waals surface area contributed by atoms with E-state index in [4.69, 9.17) is 5.11 Å². The Balaban J connectivity index is 4.17. The number of hydrogen-bond donors (Lipinski definition) is 2. The van der Waals surface area contributed by atoms with Crippen LogP contribution >= 0.6 is 0 Å². The van der Waals surface area contributed by atoms with Crippen LogP contribution in [-0.4, -0.2) is 57.2 Å². The van der Waals surface area contributed by atoms with Crippen molar-refractivity contribution in [1.29, 1.82) is 0 Å². The fourth-order valence-corrected chi connectivity index (χ4v) is 1.42. The van der Waals surface area contributed by atoms with Crippen LogP contribution in [0.2, 0.25) is 0 Å². The van der Waals surface area contributed by atoms with Gasteiger partial charge >= 0.3 is 5.97 Å². The smallest absolute Gasteiger partial charge is 0.330 e. The summed E-state index contributed by atoms with van der Waals surface area (Å²) < 4.78 is 25.8. The second-order valence-corrected chi connectivity index (χ2v) is 5.47. The Morgan fingerprint density at radius 1 is 1.44 bits per heavy atom. The van der Waals surface area contributed by atoms with Crippen molar-refractivity contribution in [1.82, 2.24) is 5.32 Å². The quantitative estimate of drug-likeness (QED) is 0.533. The topological polar surface area (TPSA) is 110 Å². The van der Waals surface area contributed by atoms with Crippen LogP contribution in [0.5, 0.6) is 0 Å². The van der Waals surface area contributed by atoms with E-state index in [0.29, 0.717) is 0 Å². The summed E-state index contributed by atoms with van der Waals surface area (Å²) in [6, 6.07) is -1.16. The maximum atomic E-state index is 11.2. The summed E-state index contributed by atoms with van der Waals surface area (Å²) in [6.45, 7) is -0.600. The number of carbonyl (C=O) groups is 2. The zero-order valence-corrected chi connectivity index (χ0v) is 9.91. The van der Waals surface area contributed by atoms with Crippen molar-refractivity contribution in [3.8, 4) is 0 Å². The van der Waals surface area contributed by atoms with E-state index in [-0.39, 0.29) is 12.2 Å². The number of esters is 1. The van der Waals surface area contributed by atoms with Crippen molar-refractivity contribution in [2.24, 2.45) is 0 Å². The normalized spacial score (nSPS) is 12.9. The van der Waals surface area contributed by atoms with Gasteiger partial charge in [-0.15, -0.1) is 0 Å². The molecule has 0 radical (unpaired) electrons. The fraction of sp³-hybridized carbons (Fsp3) is 0.750. The highest BCUT2D eigenvalue weighted by molar-refractivity contribution is 7.90. The van der Waals surface area contributed by atoms with Crippen molar-refractivity contribution >= 4 is 21.7 Å². The Bertz CT molecular complexity index is 350. The van der Waals surface area contributed by atoms with Gasteiger partial charge in [-0.05, 0) is 0 Å². The summed E-state index contributed by atoms with van der Waals surface area (Å²) in [5, 5.41) is 10.9. The van der Waals surface area contributed by atoms with Crippen LogP contribution in [0.1, 0.15) is 6.42 Å². The molecule has 0 aliphatic carbocycles. The molecule has 1 amide bonds. The van der Waals surface area contributed by atoms with Crippen LogP contribution in [0.25, 0.3) is 0 Å². The van der Waals surface area contributed by atoms with Gasteiger partial charge in [-0.3, -0.25) is 4.79 Å². The van der Waals surface area contributed by atoms with Gasteiger partial charge in [-0.1, -0.05) is 0 Å². The second kappa shape index (κ2) is 6.44. The number of aliphatic hydroxyl groups is 1. The van der Waals surface area contributed by atoms with Gasteiger partial charge in [0.05, 0.1) is 19.5 Å². The first kappa shape index (κ1) is 14.8. The molecule has 1 unspecified atom stereocenters. The summed E-state index contributed by atoms with van der Waals surface area (Å²) in [7, 11) is -2.11. The monoisotopic (exact) mass is 253 g/mol. The largest absolute Gasteiger partial charge is 0.467 e. The lowest BCUT2D eigenvalue weighted by molar-refractivity contribution is -0.146. The van der Waals surface area contributed by atoms with Gasteiger partial charge < -0.3 is 15.2 Å². The number of methoxy groups -OCH3 is 1. The standard InChI is InChI=1S/C8H15NO6S/c1-15-8(12)6(5-10)9-7(11)3-4-16(2,13)14/h6,10H,3-5H2,1-2H3,(H,9,11). The Labute approximate surface area is 93.7 Å². The van der Waals surface area contributed by atoms with E-state index in [1.807, 2.05) is 0 Å². The zero-order chi connectivity index (χ0) is 12.8. The van der Waals surface area contributed by atoms with Crippen LogP contribution in [0.4, 0.5) is 0 Å². The molecule has 0 spiro atoms. The van der Waals surface area contributed by atoms with Gasteiger partial charge in [0.2, 0.25) is 5.91 Å². The van der Waals surface area contributed by atoms with Gasteiger partial charge in [-0.2, -0.15) is 0 Å². The predicted octanol–water partition coefficient (Wildman–Crippen LogP) is -1.93. The summed E-state index contributed by atoms with van der Waals surface area (Å²) in [5.74, 6) is -1.72. The number of hydrogen-bond acceptors (Lipinski definition) is 6. The van der Waals surface area contributed by atoms with Gasteiger partial charge in [-0.25, -0.2) is 13.2 Å². The highest BCUT2D eigenvalue weighted by atomic mass is 32.2. The van der Waals surface area contributed by atoms with Crippen LogP contribution in [0.15, 0.2) is 0 Å². The maximum Gasteiger partial charge on any atom is 0.330 e. The predicted molar refractivity (Wildman–Crippen MR) is 55.4 cm³/mol. The molecule has 1 atom stereocenters. The number of nitrogens with one attached hydrogen (secondary N) is 1. The van der Waals surface area contributed by atoms with Crippen LogP contribution in [-0.2, 0) is 24.2 Å². The molecule has 0 aromatic heterocycles. The number of carbonyl (C=O) groups excluding carboxylic acids is 2. The summed E-state index contributed by atoms with van der Waals surface area (Å²) in [4.78, 5) is 22.1. The SMILES string of the molecule is COC(=O)C(CO)NC(=O)CCS(C)(=O)=O. The minimum absolute atomic E-state index is 0.258. The van der Waals surface area contributed by atoms with E-state index >= 15 is 0 Å². The molecule has 2 N–H and O–H groups in total. The Hall–Kier alpha value is -1.15. The molecule has 0 saturated carbocycles. The molecule has 0 rings (SSSR count). The molecule has 0 bridgehead atoms. The third-order valence-electron chi connectivity index (χ3n) is 1.70. The van der Waals surface area contributed by atoms with E-state index in [2.05, 4.69) is 10.1 Å². The molecule has 0 aliphatic rings. The van der Waals surface area contributed by atoms with E-state index in [0.717, 1.165) is 13.4 Å². The highest BCUT2D eigenvalue weighted by Crippen LogP contribution is 1.92. The van der Waals surface area contributed by atoms with E-state index < -0.39 is 34.4 Å². The summed E-state index contributed by atoms with van der Waals surface area (Å²) in [5.41, 5.74) is 0. The molecule has 0 heterocycles. The Kier molecular flexibility index (Phi) is 5.97. The maximum absolute atomic E-state index is 11.2. The first-order valence-electron chi connectivity index (χ1n) is 4.46. The Morgan fingerprint density at radius 2 is 2.00 bits per heavy atom. The van der Waals surface area contributed by atoms with Gasteiger partial charge in [0.25, 0.3) is 0 Å². The van der Waals surface area contributed by atoms with Crippen LogP contribution < -0.4 is 5.32 Å². The lowest BCUT2D eigenvalue weighted by Gasteiger charge is -2.13. The third-order valence-corrected chi connectivity index (χ3v) is 2.65. The van der Waals surface area contributed by atoms with Gasteiger partial charge in [0, 0.05) is 12.7 Å². The first-order chi connectivity index (χ1) is 7.30. The molecule has 0 saturated heterocycles. The summed E-state index contributed by atoms with van der Waals surface area (Å²) in [6.07, 6.45) is 0.746. The molecule has 0 aromatic rings. The molecule has 16 heavy (non-hydrogen) atoms. The molecular formula is C8H15NO6S. The number of sulfone groups is 1. The lowest BCUT2D eigenvalue weighted by Crippen LogP contribution is -2.44.